The van der Waals surface area contributed by atoms with Gasteiger partial charge in [0.25, 0.3) is 0 Å². The highest BCUT2D eigenvalue weighted by Gasteiger charge is 2.14. The molecule has 0 saturated carbocycles. The molecule has 0 bridgehead atoms. The summed E-state index contributed by atoms with van der Waals surface area (Å²) < 4.78 is 15.1. The van der Waals surface area contributed by atoms with Gasteiger partial charge in [-0.05, 0) is 24.6 Å². The van der Waals surface area contributed by atoms with Crippen LogP contribution in [-0.2, 0) is 22.5 Å². The van der Waals surface area contributed by atoms with Gasteiger partial charge in [-0.1, -0.05) is 6.07 Å². The van der Waals surface area contributed by atoms with E-state index in [2.05, 4.69) is 20.4 Å². The largest absolute Gasteiger partial charge is 0.493 e. The monoisotopic (exact) mass is 379 g/mol. The van der Waals surface area contributed by atoms with Crippen LogP contribution < -0.4 is 20.1 Å². The number of urea groups is 1. The average Bonchev–Trinajstić information content (AvgIpc) is 2.98. The summed E-state index contributed by atoms with van der Waals surface area (Å²) in [5.41, 5.74) is 1.55. The number of thiazole rings is 1. The molecule has 2 N–H and O–H groups in total. The lowest BCUT2D eigenvalue weighted by Gasteiger charge is -2.10. The number of carbonyl (C=O) groups is 2. The predicted molar refractivity (Wildman–Crippen MR) is 98.0 cm³/mol. The van der Waals surface area contributed by atoms with Gasteiger partial charge >= 0.3 is 12.0 Å². The van der Waals surface area contributed by atoms with Gasteiger partial charge in [0.05, 0.1) is 33.4 Å². The number of methoxy groups -OCH3 is 3. The van der Waals surface area contributed by atoms with Crippen molar-refractivity contribution in [3.05, 3.63) is 34.3 Å². The lowest BCUT2D eigenvalue weighted by Crippen LogP contribution is -2.28. The number of benzene rings is 1. The van der Waals surface area contributed by atoms with Gasteiger partial charge in [-0.15, -0.1) is 11.3 Å². The number of nitrogens with zero attached hydrogens (tertiary/aromatic N) is 1. The fraction of sp³-hybridized carbons (Fsp3) is 0.353. The van der Waals surface area contributed by atoms with E-state index in [0.29, 0.717) is 28.9 Å². The third kappa shape index (κ3) is 5.09. The van der Waals surface area contributed by atoms with E-state index in [-0.39, 0.29) is 12.4 Å². The van der Waals surface area contributed by atoms with Crippen LogP contribution >= 0.6 is 11.3 Å². The standard InChI is InChI=1S/C17H21N3O5S/c1-10-14(8-15(21)25-4)26-17(19-10)20-16(22)18-9-11-5-6-12(23-2)13(7-11)24-3/h5-7H,8-9H2,1-4H3,(H2,18,19,20,22). The minimum Gasteiger partial charge on any atom is -0.493 e. The second kappa shape index (κ2) is 9.04. The maximum absolute atomic E-state index is 12.1. The Labute approximate surface area is 155 Å². The Morgan fingerprint density at radius 1 is 1.15 bits per heavy atom. The van der Waals surface area contributed by atoms with E-state index < -0.39 is 6.03 Å². The van der Waals surface area contributed by atoms with Crippen molar-refractivity contribution < 1.29 is 23.8 Å². The SMILES string of the molecule is COC(=O)Cc1sc(NC(=O)NCc2ccc(OC)c(OC)c2)nc1C. The predicted octanol–water partition coefficient (Wildman–Crippen LogP) is 2.51. The van der Waals surface area contributed by atoms with E-state index >= 15 is 0 Å². The van der Waals surface area contributed by atoms with Crippen molar-refractivity contribution >= 4 is 28.5 Å². The summed E-state index contributed by atoms with van der Waals surface area (Å²) in [5, 5.41) is 5.83. The first-order chi connectivity index (χ1) is 12.5. The zero-order valence-corrected chi connectivity index (χ0v) is 15.9. The number of esters is 1. The maximum Gasteiger partial charge on any atom is 0.321 e. The first kappa shape index (κ1) is 19.5. The van der Waals surface area contributed by atoms with Crippen LogP contribution in [0.1, 0.15) is 16.1 Å². The molecule has 2 amide bonds. The first-order valence-corrected chi connectivity index (χ1v) is 8.57. The Morgan fingerprint density at radius 2 is 1.88 bits per heavy atom. The molecule has 140 valence electrons. The van der Waals surface area contributed by atoms with Gasteiger partial charge < -0.3 is 19.5 Å². The number of aromatic nitrogens is 1. The summed E-state index contributed by atoms with van der Waals surface area (Å²) in [7, 11) is 4.45. The molecule has 2 aromatic rings. The lowest BCUT2D eigenvalue weighted by molar-refractivity contribution is -0.139. The highest BCUT2D eigenvalue weighted by molar-refractivity contribution is 7.16. The quantitative estimate of drug-likeness (QED) is 0.717. The van der Waals surface area contributed by atoms with Crippen molar-refractivity contribution in [1.29, 1.82) is 0 Å². The van der Waals surface area contributed by atoms with Crippen molar-refractivity contribution in [3.63, 3.8) is 0 Å². The molecular weight excluding hydrogens is 358 g/mol. The highest BCUT2D eigenvalue weighted by Crippen LogP contribution is 2.27. The number of ether oxygens (including phenoxy) is 3. The van der Waals surface area contributed by atoms with Gasteiger partial charge in [0.15, 0.2) is 16.6 Å². The molecule has 0 radical (unpaired) electrons. The topological polar surface area (TPSA) is 98.8 Å². The average molecular weight is 379 g/mol. The Bertz CT molecular complexity index is 791. The van der Waals surface area contributed by atoms with E-state index in [1.807, 2.05) is 6.07 Å². The van der Waals surface area contributed by atoms with Gasteiger partial charge in [-0.3, -0.25) is 10.1 Å². The molecule has 0 aliphatic carbocycles. The molecular formula is C17H21N3O5S. The first-order valence-electron chi connectivity index (χ1n) is 7.75. The Balaban J connectivity index is 1.93. The van der Waals surface area contributed by atoms with Gasteiger partial charge in [-0.25, -0.2) is 9.78 Å². The Kier molecular flexibility index (Phi) is 6.79. The second-order valence-electron chi connectivity index (χ2n) is 5.28. The number of carbonyl (C=O) groups excluding carboxylic acids is 2. The molecule has 1 heterocycles. The van der Waals surface area contributed by atoms with E-state index in [9.17, 15) is 9.59 Å². The summed E-state index contributed by atoms with van der Waals surface area (Å²) in [6, 6.07) is 5.01. The van der Waals surface area contributed by atoms with E-state index in [1.54, 1.807) is 33.3 Å². The molecule has 1 aromatic heterocycles. The molecule has 0 aliphatic heterocycles. The fourth-order valence-electron chi connectivity index (χ4n) is 2.16. The van der Waals surface area contributed by atoms with Crippen LogP contribution in [0.4, 0.5) is 9.93 Å². The van der Waals surface area contributed by atoms with Crippen molar-refractivity contribution in [2.24, 2.45) is 0 Å². The van der Waals surface area contributed by atoms with E-state index in [1.165, 1.54) is 18.4 Å². The normalized spacial score (nSPS) is 10.2. The number of hydrogen-bond donors (Lipinski definition) is 2. The smallest absolute Gasteiger partial charge is 0.321 e. The van der Waals surface area contributed by atoms with Crippen LogP contribution in [0.2, 0.25) is 0 Å². The summed E-state index contributed by atoms with van der Waals surface area (Å²) in [6.07, 6.45) is 0.134. The van der Waals surface area contributed by atoms with Crippen molar-refractivity contribution in [1.82, 2.24) is 10.3 Å². The number of hydrogen-bond acceptors (Lipinski definition) is 7. The molecule has 0 saturated heterocycles. The molecule has 8 nitrogen and oxygen atoms in total. The molecule has 0 fully saturated rings. The van der Waals surface area contributed by atoms with Crippen LogP contribution in [-0.4, -0.2) is 38.3 Å². The molecule has 9 heteroatoms. The second-order valence-corrected chi connectivity index (χ2v) is 6.36. The Morgan fingerprint density at radius 3 is 2.54 bits per heavy atom. The van der Waals surface area contributed by atoms with Crippen molar-refractivity contribution in [2.45, 2.75) is 19.9 Å². The van der Waals surface area contributed by atoms with E-state index in [4.69, 9.17) is 9.47 Å². The highest BCUT2D eigenvalue weighted by atomic mass is 32.1. The van der Waals surface area contributed by atoms with Crippen LogP contribution in [0.3, 0.4) is 0 Å². The van der Waals surface area contributed by atoms with Crippen molar-refractivity contribution in [3.8, 4) is 11.5 Å². The molecule has 2 rings (SSSR count). The van der Waals surface area contributed by atoms with Gasteiger partial charge in [0.2, 0.25) is 0 Å². The van der Waals surface area contributed by atoms with Crippen LogP contribution in [0.15, 0.2) is 18.2 Å². The molecule has 1 aromatic carbocycles. The summed E-state index contributed by atoms with van der Waals surface area (Å²) in [6.45, 7) is 2.09. The van der Waals surface area contributed by atoms with Crippen molar-refractivity contribution in [2.75, 3.05) is 26.6 Å². The fourth-order valence-corrected chi connectivity index (χ4v) is 3.11. The number of rotatable bonds is 7. The van der Waals surface area contributed by atoms with Crippen LogP contribution in [0, 0.1) is 6.92 Å². The lowest BCUT2D eigenvalue weighted by atomic mass is 10.2. The van der Waals surface area contributed by atoms with Crippen LogP contribution in [0.5, 0.6) is 11.5 Å². The summed E-state index contributed by atoms with van der Waals surface area (Å²) in [4.78, 5) is 28.4. The third-order valence-corrected chi connectivity index (χ3v) is 4.62. The summed E-state index contributed by atoms with van der Waals surface area (Å²) in [5.74, 6) is 0.869. The zero-order valence-electron chi connectivity index (χ0n) is 15.0. The molecule has 26 heavy (non-hydrogen) atoms. The van der Waals surface area contributed by atoms with Gasteiger partial charge in [0, 0.05) is 11.4 Å². The minimum atomic E-state index is -0.391. The number of aryl methyl sites for hydroxylation is 1. The van der Waals surface area contributed by atoms with Gasteiger partial charge in [0.1, 0.15) is 0 Å². The third-order valence-electron chi connectivity index (χ3n) is 3.55. The maximum atomic E-state index is 12.1. The Hall–Kier alpha value is -2.81. The molecule has 0 aliphatic rings. The number of amides is 2. The summed E-state index contributed by atoms with van der Waals surface area (Å²) >= 11 is 1.24. The number of nitrogens with one attached hydrogen (secondary N) is 2. The molecule has 0 spiro atoms. The minimum absolute atomic E-state index is 0.134. The zero-order chi connectivity index (χ0) is 19.1. The van der Waals surface area contributed by atoms with E-state index in [0.717, 1.165) is 10.4 Å². The molecule has 0 atom stereocenters. The van der Waals surface area contributed by atoms with Crippen LogP contribution in [0.25, 0.3) is 0 Å². The van der Waals surface area contributed by atoms with Gasteiger partial charge in [-0.2, -0.15) is 0 Å². The molecule has 0 unspecified atom stereocenters. The number of anilines is 1.